The number of likely N-dealkylation sites (tertiary alicyclic amines) is 1. The second kappa shape index (κ2) is 15.4. The minimum atomic E-state index is -4.50. The fourth-order valence-corrected chi connectivity index (χ4v) is 6.77. The first-order valence-corrected chi connectivity index (χ1v) is 17.4. The van der Waals surface area contributed by atoms with Gasteiger partial charge in [-0.15, -0.1) is 0 Å². The average molecular weight is 732 g/mol. The molecule has 5 rings (SSSR count). The van der Waals surface area contributed by atoms with E-state index in [0.717, 1.165) is 25.1 Å². The van der Waals surface area contributed by atoms with Gasteiger partial charge < -0.3 is 23.5 Å². The van der Waals surface area contributed by atoms with Gasteiger partial charge in [0.1, 0.15) is 22.3 Å². The fourth-order valence-electron chi connectivity index (χ4n) is 6.77. The van der Waals surface area contributed by atoms with Gasteiger partial charge in [0.2, 0.25) is 5.88 Å². The first-order valence-electron chi connectivity index (χ1n) is 17.4. The smallest absolute Gasteiger partial charge is 0.414 e. The van der Waals surface area contributed by atoms with Gasteiger partial charge >= 0.3 is 18.2 Å². The van der Waals surface area contributed by atoms with E-state index in [4.69, 9.17) is 18.6 Å². The van der Waals surface area contributed by atoms with Crippen LogP contribution in [0.3, 0.4) is 0 Å². The van der Waals surface area contributed by atoms with Crippen LogP contribution in [-0.4, -0.2) is 89.5 Å². The monoisotopic (exact) mass is 731 g/mol. The first-order chi connectivity index (χ1) is 24.3. The quantitative estimate of drug-likeness (QED) is 0.171. The molecule has 0 aromatic carbocycles. The highest BCUT2D eigenvalue weighted by Crippen LogP contribution is 2.40. The molecule has 2 fully saturated rings. The Bertz CT molecular complexity index is 1760. The van der Waals surface area contributed by atoms with Gasteiger partial charge in [0.15, 0.2) is 11.4 Å². The number of furan rings is 1. The third-order valence-corrected chi connectivity index (χ3v) is 8.89. The number of esters is 1. The highest BCUT2D eigenvalue weighted by Gasteiger charge is 2.45. The van der Waals surface area contributed by atoms with E-state index in [1.165, 1.54) is 12.4 Å². The molecular formula is C37H48F3N5O7. The molecule has 0 bridgehead atoms. The summed E-state index contributed by atoms with van der Waals surface area (Å²) in [4.78, 5) is 52.3. The van der Waals surface area contributed by atoms with Crippen LogP contribution in [0.25, 0.3) is 11.1 Å². The number of halogens is 3. The Morgan fingerprint density at radius 3 is 2.40 bits per heavy atom. The van der Waals surface area contributed by atoms with Crippen molar-refractivity contribution >= 4 is 40.5 Å². The summed E-state index contributed by atoms with van der Waals surface area (Å²) in [6, 6.07) is 3.33. The molecule has 2 aliphatic rings. The van der Waals surface area contributed by atoms with E-state index in [2.05, 4.69) is 20.2 Å². The summed E-state index contributed by atoms with van der Waals surface area (Å²) in [6.07, 6.45) is -0.453. The lowest BCUT2D eigenvalue weighted by molar-refractivity contribution is -0.181. The predicted molar refractivity (Wildman–Crippen MR) is 187 cm³/mol. The number of piperidine rings is 1. The van der Waals surface area contributed by atoms with Gasteiger partial charge in [-0.05, 0) is 78.0 Å². The molecule has 2 aliphatic heterocycles. The van der Waals surface area contributed by atoms with Crippen LogP contribution in [0.4, 0.5) is 29.5 Å². The van der Waals surface area contributed by atoms with Crippen molar-refractivity contribution in [3.63, 3.8) is 0 Å². The number of hydrogen-bond acceptors (Lipinski definition) is 11. The molecule has 0 saturated carbocycles. The summed E-state index contributed by atoms with van der Waals surface area (Å²) < 4.78 is 65.0. The van der Waals surface area contributed by atoms with Gasteiger partial charge in [0.05, 0.1) is 18.4 Å². The molecule has 284 valence electrons. The largest absolute Gasteiger partial charge is 0.460 e. The zero-order valence-electron chi connectivity index (χ0n) is 30.8. The van der Waals surface area contributed by atoms with E-state index in [-0.39, 0.29) is 61.0 Å². The Morgan fingerprint density at radius 1 is 1.02 bits per heavy atom. The van der Waals surface area contributed by atoms with Gasteiger partial charge in [0.25, 0.3) is 0 Å². The number of hydrogen-bond donors (Lipinski definition) is 1. The lowest BCUT2D eigenvalue weighted by Gasteiger charge is -2.40. The number of aromatic nitrogens is 2. The summed E-state index contributed by atoms with van der Waals surface area (Å²) in [6.45, 7) is 12.2. The van der Waals surface area contributed by atoms with Crippen molar-refractivity contribution < 1.29 is 46.2 Å². The van der Waals surface area contributed by atoms with E-state index in [1.807, 2.05) is 0 Å². The Labute approximate surface area is 301 Å². The number of Topliss-reactive ketones (excluding diaryl/α,β-unsaturated/α-hetero) is 1. The predicted octanol–water partition coefficient (Wildman–Crippen LogP) is 6.95. The maximum Gasteiger partial charge on any atom is 0.414 e. The van der Waals surface area contributed by atoms with Crippen LogP contribution in [0.2, 0.25) is 0 Å². The molecule has 3 aromatic heterocycles. The van der Waals surface area contributed by atoms with E-state index >= 15 is 0 Å². The number of amides is 1. The number of nitrogens with one attached hydrogen (secondary N) is 1. The van der Waals surface area contributed by atoms with Crippen molar-refractivity contribution in [1.29, 1.82) is 0 Å². The van der Waals surface area contributed by atoms with Crippen LogP contribution in [0.1, 0.15) is 82.3 Å². The average Bonchev–Trinajstić information content (AvgIpc) is 3.62. The normalized spacial score (nSPS) is 20.3. The number of ether oxygens (including phenoxy) is 3. The molecule has 2 saturated heterocycles. The molecule has 0 spiro atoms. The molecule has 1 unspecified atom stereocenters. The van der Waals surface area contributed by atoms with Gasteiger partial charge in [0, 0.05) is 76.1 Å². The van der Waals surface area contributed by atoms with Crippen LogP contribution in [-0.2, 0) is 32.0 Å². The SMILES string of the molecule is COC1CCN(Cc2cnc3c(C(=O)Cc4cnccc4N4C[C@@H](CC(=O)OC(C)(C)C)C[C@@H](C(F)(F)F)C4)c(NC(=O)OC(C)(C)C)oc3c2)C1. The topological polar surface area (TPSA) is 136 Å². The van der Waals surface area contributed by atoms with Crippen LogP contribution in [0.5, 0.6) is 0 Å². The summed E-state index contributed by atoms with van der Waals surface area (Å²) >= 11 is 0. The second-order valence-corrected chi connectivity index (χ2v) is 15.6. The maximum atomic E-state index is 14.2. The van der Waals surface area contributed by atoms with Crippen LogP contribution in [0.15, 0.2) is 35.1 Å². The first kappa shape index (κ1) is 39.0. The molecule has 3 atom stereocenters. The second-order valence-electron chi connectivity index (χ2n) is 15.6. The zero-order chi connectivity index (χ0) is 38.0. The van der Waals surface area contributed by atoms with Crippen molar-refractivity contribution in [2.45, 2.75) is 97.3 Å². The zero-order valence-corrected chi connectivity index (χ0v) is 30.8. The maximum absolute atomic E-state index is 14.2. The van der Waals surface area contributed by atoms with Crippen molar-refractivity contribution in [3.05, 3.63) is 47.4 Å². The van der Waals surface area contributed by atoms with E-state index in [0.29, 0.717) is 17.8 Å². The number of methoxy groups -OCH3 is 1. The van der Waals surface area contributed by atoms with Crippen LogP contribution in [0, 0.1) is 11.8 Å². The van der Waals surface area contributed by atoms with Crippen molar-refractivity contribution in [3.8, 4) is 0 Å². The lowest BCUT2D eigenvalue weighted by atomic mass is 9.86. The molecule has 15 heteroatoms. The van der Waals surface area contributed by atoms with Gasteiger partial charge in [-0.1, -0.05) is 0 Å². The summed E-state index contributed by atoms with van der Waals surface area (Å²) in [5, 5.41) is 2.56. The highest BCUT2D eigenvalue weighted by molar-refractivity contribution is 6.12. The lowest BCUT2D eigenvalue weighted by Crippen LogP contribution is -2.47. The van der Waals surface area contributed by atoms with E-state index in [9.17, 15) is 27.6 Å². The minimum absolute atomic E-state index is 0.00236. The van der Waals surface area contributed by atoms with Crippen molar-refractivity contribution in [2.75, 3.05) is 43.5 Å². The molecule has 3 aromatic rings. The number of nitrogens with zero attached hydrogens (tertiary/aromatic N) is 4. The molecule has 1 amide bonds. The number of ketones is 1. The molecule has 0 radical (unpaired) electrons. The van der Waals surface area contributed by atoms with Crippen LogP contribution >= 0.6 is 0 Å². The highest BCUT2D eigenvalue weighted by atomic mass is 19.4. The summed E-state index contributed by atoms with van der Waals surface area (Å²) in [5.41, 5.74) is 0.455. The molecule has 1 N–H and O–H groups in total. The number of fused-ring (bicyclic) bond motifs is 1. The molecule has 5 heterocycles. The molecule has 0 aliphatic carbocycles. The number of carbonyl (C=O) groups is 3. The Balaban J connectivity index is 1.44. The van der Waals surface area contributed by atoms with Gasteiger partial charge in [-0.25, -0.2) is 4.79 Å². The standard InChI is InChI=1S/C37H48F3N5O7/c1-35(2,3)51-30(47)14-22-12-25(37(38,39)40)20-45(19-22)27-8-10-41-17-24(27)15-28(46)31-32-29(50-33(31)43-34(48)52-36(4,5)6)13-23(16-42-32)18-44-11-9-26(21-44)49-7/h8,10,13,16-17,22,25-26H,9,11-12,14-15,18-21H2,1-7H3,(H,43,48)/t22-,25-,26?/m1/s1. The van der Waals surface area contributed by atoms with Crippen LogP contribution < -0.4 is 10.2 Å². The fraction of sp³-hybridized carbons (Fsp3) is 0.595. The number of carbonyl (C=O) groups excluding carboxylic acids is 3. The van der Waals surface area contributed by atoms with E-state index in [1.54, 1.807) is 71.9 Å². The van der Waals surface area contributed by atoms with E-state index < -0.39 is 47.1 Å². The molecular weight excluding hydrogens is 683 g/mol. The number of alkyl halides is 3. The van der Waals surface area contributed by atoms with Gasteiger partial charge in [-0.3, -0.25) is 29.8 Å². The number of rotatable bonds is 10. The van der Waals surface area contributed by atoms with Crippen molar-refractivity contribution in [2.24, 2.45) is 11.8 Å². The minimum Gasteiger partial charge on any atom is -0.460 e. The Hall–Kier alpha value is -4.24. The van der Waals surface area contributed by atoms with Gasteiger partial charge in [-0.2, -0.15) is 13.2 Å². The Morgan fingerprint density at radius 2 is 1.75 bits per heavy atom. The third kappa shape index (κ3) is 10.2. The van der Waals surface area contributed by atoms with Crippen molar-refractivity contribution in [1.82, 2.24) is 14.9 Å². The third-order valence-electron chi connectivity index (χ3n) is 8.89. The number of anilines is 2. The Kier molecular flexibility index (Phi) is 11.5. The summed E-state index contributed by atoms with van der Waals surface area (Å²) in [5.74, 6) is -3.58. The summed E-state index contributed by atoms with van der Waals surface area (Å²) in [7, 11) is 1.69. The number of pyridine rings is 2. The molecule has 12 nitrogen and oxygen atoms in total. The molecule has 52 heavy (non-hydrogen) atoms.